The van der Waals surface area contributed by atoms with Gasteiger partial charge < -0.3 is 15.4 Å². The van der Waals surface area contributed by atoms with Crippen molar-refractivity contribution in [2.24, 2.45) is 0 Å². The monoisotopic (exact) mass is 372 g/mol. The largest absolute Gasteiger partial charge is 0.376 e. The maximum absolute atomic E-state index is 12.5. The Kier molecular flexibility index (Phi) is 5.91. The van der Waals surface area contributed by atoms with Gasteiger partial charge in [0.25, 0.3) is 11.8 Å². The van der Waals surface area contributed by atoms with Crippen molar-refractivity contribution >= 4 is 29.1 Å². The molecule has 1 heterocycles. The molecule has 0 unspecified atom stereocenters. The molecule has 2 amide bonds. The zero-order valence-electron chi connectivity index (χ0n) is 14.5. The molecule has 0 aromatic heterocycles. The van der Waals surface area contributed by atoms with Gasteiger partial charge in [-0.15, -0.1) is 0 Å². The lowest BCUT2D eigenvalue weighted by Gasteiger charge is -2.14. The first kappa shape index (κ1) is 18.4. The summed E-state index contributed by atoms with van der Waals surface area (Å²) >= 11 is 6.16. The van der Waals surface area contributed by atoms with Crippen molar-refractivity contribution < 1.29 is 14.3 Å². The fraction of sp³-hybridized carbons (Fsp3) is 0.300. The second-order valence-electron chi connectivity index (χ2n) is 6.33. The summed E-state index contributed by atoms with van der Waals surface area (Å²) in [4.78, 5) is 25.0. The van der Waals surface area contributed by atoms with Gasteiger partial charge in [0.1, 0.15) is 0 Å². The number of benzene rings is 2. The van der Waals surface area contributed by atoms with E-state index >= 15 is 0 Å². The number of carbonyl (C=O) groups excluding carboxylic acids is 2. The van der Waals surface area contributed by atoms with Crippen LogP contribution >= 0.6 is 11.6 Å². The van der Waals surface area contributed by atoms with Gasteiger partial charge in [-0.05, 0) is 49.6 Å². The summed E-state index contributed by atoms with van der Waals surface area (Å²) in [6.45, 7) is 3.11. The van der Waals surface area contributed by atoms with E-state index in [-0.39, 0.29) is 17.9 Å². The molecule has 3 rings (SSSR count). The number of ether oxygens (including phenoxy) is 1. The van der Waals surface area contributed by atoms with Gasteiger partial charge in [-0.25, -0.2) is 0 Å². The number of amides is 2. The number of carbonyl (C=O) groups is 2. The number of hydrogen-bond donors (Lipinski definition) is 2. The van der Waals surface area contributed by atoms with E-state index in [1.54, 1.807) is 36.4 Å². The minimum atomic E-state index is -0.352. The second kappa shape index (κ2) is 8.34. The van der Waals surface area contributed by atoms with Crippen LogP contribution in [0.25, 0.3) is 0 Å². The average molecular weight is 373 g/mol. The normalized spacial score (nSPS) is 16.3. The Balaban J connectivity index is 1.71. The minimum absolute atomic E-state index is 0.0621. The molecule has 1 aliphatic heterocycles. The lowest BCUT2D eigenvalue weighted by Crippen LogP contribution is -2.32. The molecule has 1 atom stereocenters. The highest BCUT2D eigenvalue weighted by Gasteiger charge is 2.19. The summed E-state index contributed by atoms with van der Waals surface area (Å²) in [5.41, 5.74) is 2.19. The zero-order valence-corrected chi connectivity index (χ0v) is 15.3. The van der Waals surface area contributed by atoms with Gasteiger partial charge in [0.2, 0.25) is 0 Å². The number of halogens is 1. The molecule has 2 aromatic carbocycles. The summed E-state index contributed by atoms with van der Waals surface area (Å²) in [6, 6.07) is 12.1. The van der Waals surface area contributed by atoms with Gasteiger partial charge in [-0.1, -0.05) is 29.8 Å². The van der Waals surface area contributed by atoms with Gasteiger partial charge in [-0.3, -0.25) is 9.59 Å². The van der Waals surface area contributed by atoms with Crippen molar-refractivity contribution in [1.29, 1.82) is 0 Å². The highest BCUT2D eigenvalue weighted by atomic mass is 35.5. The second-order valence-corrected chi connectivity index (χ2v) is 6.74. The van der Waals surface area contributed by atoms with E-state index < -0.39 is 0 Å². The first-order valence-electron chi connectivity index (χ1n) is 8.61. The first-order valence-corrected chi connectivity index (χ1v) is 8.99. The van der Waals surface area contributed by atoms with Crippen LogP contribution in [0.15, 0.2) is 42.5 Å². The molecule has 1 aliphatic rings. The maximum atomic E-state index is 12.5. The molecule has 2 N–H and O–H groups in total. The van der Waals surface area contributed by atoms with Crippen LogP contribution in [-0.2, 0) is 4.74 Å². The number of anilines is 1. The lowest BCUT2D eigenvalue weighted by molar-refractivity contribution is 0.0858. The SMILES string of the molecule is Cc1ccc(C(=O)Nc2ccccc2C(=O)NC[C@H]2CCCO2)c(Cl)c1. The Morgan fingerprint density at radius 2 is 1.96 bits per heavy atom. The minimum Gasteiger partial charge on any atom is -0.376 e. The Labute approximate surface area is 157 Å². The molecule has 0 saturated carbocycles. The molecule has 1 saturated heterocycles. The number of nitrogens with one attached hydrogen (secondary N) is 2. The standard InChI is InChI=1S/C20H21ClN2O3/c1-13-8-9-15(17(21)11-13)20(25)23-18-7-3-2-6-16(18)19(24)22-12-14-5-4-10-26-14/h2-3,6-9,11,14H,4-5,10,12H2,1H3,(H,22,24)(H,23,25)/t14-/m1/s1. The van der Waals surface area contributed by atoms with Gasteiger partial charge in [0.15, 0.2) is 0 Å². The van der Waals surface area contributed by atoms with Gasteiger partial charge in [0.05, 0.1) is 27.9 Å². The smallest absolute Gasteiger partial charge is 0.257 e. The van der Waals surface area contributed by atoms with E-state index in [1.165, 1.54) is 0 Å². The Hall–Kier alpha value is -2.37. The quantitative estimate of drug-likeness (QED) is 0.838. The van der Waals surface area contributed by atoms with Crippen LogP contribution < -0.4 is 10.6 Å². The lowest BCUT2D eigenvalue weighted by atomic mass is 10.1. The molecule has 26 heavy (non-hydrogen) atoms. The van der Waals surface area contributed by atoms with Gasteiger partial charge in [0, 0.05) is 13.2 Å². The molecule has 2 aromatic rings. The van der Waals surface area contributed by atoms with Crippen LogP contribution in [0.2, 0.25) is 5.02 Å². The van der Waals surface area contributed by atoms with Crippen molar-refractivity contribution in [1.82, 2.24) is 5.32 Å². The summed E-state index contributed by atoms with van der Waals surface area (Å²) in [5.74, 6) is -0.597. The Morgan fingerprint density at radius 1 is 1.15 bits per heavy atom. The third-order valence-electron chi connectivity index (χ3n) is 4.30. The fourth-order valence-corrected chi connectivity index (χ4v) is 3.21. The molecule has 0 aliphatic carbocycles. The highest BCUT2D eigenvalue weighted by Crippen LogP contribution is 2.21. The summed E-state index contributed by atoms with van der Waals surface area (Å²) in [7, 11) is 0. The van der Waals surface area contributed by atoms with E-state index in [9.17, 15) is 9.59 Å². The summed E-state index contributed by atoms with van der Waals surface area (Å²) in [6.07, 6.45) is 2.03. The van der Waals surface area contributed by atoms with E-state index in [4.69, 9.17) is 16.3 Å². The van der Waals surface area contributed by atoms with Gasteiger partial charge in [-0.2, -0.15) is 0 Å². The summed E-state index contributed by atoms with van der Waals surface area (Å²) in [5, 5.41) is 6.03. The number of aryl methyl sites for hydroxylation is 1. The third kappa shape index (κ3) is 4.42. The molecule has 5 nitrogen and oxygen atoms in total. The van der Waals surface area contributed by atoms with E-state index in [2.05, 4.69) is 10.6 Å². The number of hydrogen-bond acceptors (Lipinski definition) is 3. The molecule has 1 fully saturated rings. The Morgan fingerprint density at radius 3 is 2.69 bits per heavy atom. The highest BCUT2D eigenvalue weighted by molar-refractivity contribution is 6.34. The molecular weight excluding hydrogens is 352 g/mol. The Bertz CT molecular complexity index is 816. The molecule has 0 spiro atoms. The van der Waals surface area contributed by atoms with Crippen molar-refractivity contribution in [3.8, 4) is 0 Å². The van der Waals surface area contributed by atoms with Crippen LogP contribution in [0.1, 0.15) is 39.1 Å². The topological polar surface area (TPSA) is 67.4 Å². The van der Waals surface area contributed by atoms with E-state index in [1.807, 2.05) is 13.0 Å². The zero-order chi connectivity index (χ0) is 18.5. The first-order chi connectivity index (χ1) is 12.5. The van der Waals surface area contributed by atoms with Gasteiger partial charge >= 0.3 is 0 Å². The predicted octanol–water partition coefficient (Wildman–Crippen LogP) is 3.81. The summed E-state index contributed by atoms with van der Waals surface area (Å²) < 4.78 is 5.52. The van der Waals surface area contributed by atoms with E-state index in [0.29, 0.717) is 28.4 Å². The van der Waals surface area contributed by atoms with Crippen molar-refractivity contribution in [3.05, 3.63) is 64.2 Å². The maximum Gasteiger partial charge on any atom is 0.257 e. The van der Waals surface area contributed by atoms with Crippen molar-refractivity contribution in [2.75, 3.05) is 18.5 Å². The van der Waals surface area contributed by atoms with Crippen LogP contribution in [0.4, 0.5) is 5.69 Å². The molecular formula is C20H21ClN2O3. The molecule has 0 bridgehead atoms. The van der Waals surface area contributed by atoms with Crippen LogP contribution in [0.5, 0.6) is 0 Å². The third-order valence-corrected chi connectivity index (χ3v) is 4.62. The van der Waals surface area contributed by atoms with Crippen LogP contribution in [0, 0.1) is 6.92 Å². The van der Waals surface area contributed by atoms with Crippen molar-refractivity contribution in [3.63, 3.8) is 0 Å². The molecule has 136 valence electrons. The van der Waals surface area contributed by atoms with E-state index in [0.717, 1.165) is 25.0 Å². The molecule has 6 heteroatoms. The average Bonchev–Trinajstić information content (AvgIpc) is 3.13. The van der Waals surface area contributed by atoms with Crippen LogP contribution in [0.3, 0.4) is 0 Å². The number of para-hydroxylation sites is 1. The molecule has 0 radical (unpaired) electrons. The number of rotatable bonds is 5. The fourth-order valence-electron chi connectivity index (χ4n) is 2.89. The van der Waals surface area contributed by atoms with Crippen LogP contribution in [-0.4, -0.2) is 31.1 Å². The predicted molar refractivity (Wildman–Crippen MR) is 102 cm³/mol. The van der Waals surface area contributed by atoms with Crippen molar-refractivity contribution in [2.45, 2.75) is 25.9 Å².